The highest BCUT2D eigenvalue weighted by Gasteiger charge is 2.36. The molecule has 0 spiro atoms. The molecule has 3 rings (SSSR count). The Hall–Kier alpha value is -1.40. The Balaban J connectivity index is 1.64. The largest absolute Gasteiger partial charge is 0.351 e. The third-order valence-corrected chi connectivity index (χ3v) is 5.52. The standard InChI is InChI=1S/C16H23N3O2S/c1-11-10-17-7-6-12(11)18-15(20)13-4-2-8-19(13)16(21)14-5-3-9-22-14/h3,5,9,11-13,17H,2,4,6-8,10H2,1H3,(H,18,20). The predicted octanol–water partition coefficient (Wildman–Crippen LogP) is 1.47. The van der Waals surface area contributed by atoms with Crippen molar-refractivity contribution in [3.63, 3.8) is 0 Å². The SMILES string of the molecule is CC1CNCCC1NC(=O)C1CCCN1C(=O)c1cccs1. The minimum Gasteiger partial charge on any atom is -0.351 e. The summed E-state index contributed by atoms with van der Waals surface area (Å²) in [6.07, 6.45) is 2.62. The molecule has 2 aliphatic heterocycles. The number of carbonyl (C=O) groups excluding carboxylic acids is 2. The van der Waals surface area contributed by atoms with Crippen LogP contribution in [0.1, 0.15) is 35.9 Å². The Morgan fingerprint density at radius 3 is 3.00 bits per heavy atom. The summed E-state index contributed by atoms with van der Waals surface area (Å²) >= 11 is 1.44. The van der Waals surface area contributed by atoms with Crippen LogP contribution in [0.15, 0.2) is 17.5 Å². The number of nitrogens with zero attached hydrogens (tertiary/aromatic N) is 1. The highest BCUT2D eigenvalue weighted by molar-refractivity contribution is 7.12. The summed E-state index contributed by atoms with van der Waals surface area (Å²) in [5.41, 5.74) is 0. The first-order valence-electron chi connectivity index (χ1n) is 8.02. The van der Waals surface area contributed by atoms with Gasteiger partial charge in [-0.05, 0) is 49.7 Å². The fourth-order valence-electron chi connectivity index (χ4n) is 3.33. The van der Waals surface area contributed by atoms with Crippen molar-refractivity contribution in [1.29, 1.82) is 0 Å². The van der Waals surface area contributed by atoms with Gasteiger partial charge in [0, 0.05) is 12.6 Å². The molecule has 0 saturated carbocycles. The van der Waals surface area contributed by atoms with Crippen molar-refractivity contribution < 1.29 is 9.59 Å². The number of hydrogen-bond donors (Lipinski definition) is 2. The van der Waals surface area contributed by atoms with Gasteiger partial charge in [-0.1, -0.05) is 13.0 Å². The highest BCUT2D eigenvalue weighted by Crippen LogP contribution is 2.23. The molecule has 2 fully saturated rings. The van der Waals surface area contributed by atoms with Crippen LogP contribution < -0.4 is 10.6 Å². The van der Waals surface area contributed by atoms with Crippen LogP contribution in [0.5, 0.6) is 0 Å². The maximum absolute atomic E-state index is 12.6. The van der Waals surface area contributed by atoms with Crippen LogP contribution in [0.25, 0.3) is 0 Å². The van der Waals surface area contributed by atoms with Crippen molar-refractivity contribution in [2.75, 3.05) is 19.6 Å². The predicted molar refractivity (Wildman–Crippen MR) is 87.0 cm³/mol. The van der Waals surface area contributed by atoms with E-state index in [9.17, 15) is 9.59 Å². The number of nitrogens with one attached hydrogen (secondary N) is 2. The molecule has 2 aliphatic rings. The first kappa shape index (κ1) is 15.5. The van der Waals surface area contributed by atoms with Gasteiger partial charge >= 0.3 is 0 Å². The molecule has 3 atom stereocenters. The van der Waals surface area contributed by atoms with Gasteiger partial charge in [-0.3, -0.25) is 9.59 Å². The van der Waals surface area contributed by atoms with Crippen LogP contribution in [0.2, 0.25) is 0 Å². The maximum atomic E-state index is 12.6. The molecule has 2 saturated heterocycles. The fraction of sp³-hybridized carbons (Fsp3) is 0.625. The summed E-state index contributed by atoms with van der Waals surface area (Å²) in [5.74, 6) is 0.438. The molecule has 1 aromatic rings. The van der Waals surface area contributed by atoms with E-state index in [1.165, 1.54) is 11.3 Å². The second-order valence-corrected chi connectivity index (χ2v) is 7.17. The van der Waals surface area contributed by atoms with Gasteiger partial charge in [0.15, 0.2) is 0 Å². The van der Waals surface area contributed by atoms with Crippen molar-refractivity contribution >= 4 is 23.2 Å². The minimum atomic E-state index is -0.309. The quantitative estimate of drug-likeness (QED) is 0.886. The molecule has 3 unspecified atom stereocenters. The molecule has 3 heterocycles. The molecule has 1 aromatic heterocycles. The van der Waals surface area contributed by atoms with Gasteiger partial charge in [-0.25, -0.2) is 0 Å². The Morgan fingerprint density at radius 1 is 1.41 bits per heavy atom. The Labute approximate surface area is 135 Å². The third kappa shape index (κ3) is 3.17. The van der Waals surface area contributed by atoms with E-state index in [4.69, 9.17) is 0 Å². The molecule has 22 heavy (non-hydrogen) atoms. The van der Waals surface area contributed by atoms with E-state index in [1.54, 1.807) is 4.90 Å². The number of likely N-dealkylation sites (tertiary alicyclic amines) is 1. The molecule has 2 amide bonds. The van der Waals surface area contributed by atoms with Gasteiger partial charge in [0.2, 0.25) is 5.91 Å². The van der Waals surface area contributed by atoms with E-state index >= 15 is 0 Å². The van der Waals surface area contributed by atoms with E-state index in [-0.39, 0.29) is 23.9 Å². The van der Waals surface area contributed by atoms with E-state index < -0.39 is 0 Å². The van der Waals surface area contributed by atoms with Crippen LogP contribution in [0.3, 0.4) is 0 Å². The summed E-state index contributed by atoms with van der Waals surface area (Å²) in [4.78, 5) is 27.6. The lowest BCUT2D eigenvalue weighted by molar-refractivity contribution is -0.126. The lowest BCUT2D eigenvalue weighted by atomic mass is 9.95. The first-order valence-corrected chi connectivity index (χ1v) is 8.90. The van der Waals surface area contributed by atoms with Crippen molar-refractivity contribution in [3.05, 3.63) is 22.4 Å². The lowest BCUT2D eigenvalue weighted by Gasteiger charge is -2.32. The smallest absolute Gasteiger partial charge is 0.264 e. The van der Waals surface area contributed by atoms with Gasteiger partial charge < -0.3 is 15.5 Å². The van der Waals surface area contributed by atoms with Gasteiger partial charge in [-0.2, -0.15) is 0 Å². The monoisotopic (exact) mass is 321 g/mol. The molecule has 0 radical (unpaired) electrons. The first-order chi connectivity index (χ1) is 10.7. The van der Waals surface area contributed by atoms with Crippen molar-refractivity contribution in [2.24, 2.45) is 5.92 Å². The normalized spacial score (nSPS) is 28.6. The van der Waals surface area contributed by atoms with Crippen molar-refractivity contribution in [3.8, 4) is 0 Å². The number of amides is 2. The molecular weight excluding hydrogens is 298 g/mol. The zero-order valence-electron chi connectivity index (χ0n) is 12.9. The van der Waals surface area contributed by atoms with Gasteiger partial charge in [0.1, 0.15) is 6.04 Å². The van der Waals surface area contributed by atoms with Gasteiger partial charge in [-0.15, -0.1) is 11.3 Å². The topological polar surface area (TPSA) is 61.4 Å². The molecule has 0 bridgehead atoms. The molecule has 6 heteroatoms. The number of rotatable bonds is 3. The summed E-state index contributed by atoms with van der Waals surface area (Å²) in [6.45, 7) is 4.71. The summed E-state index contributed by atoms with van der Waals surface area (Å²) in [6, 6.07) is 3.61. The molecule has 2 N–H and O–H groups in total. The van der Waals surface area contributed by atoms with Crippen LogP contribution in [-0.2, 0) is 4.79 Å². The average molecular weight is 321 g/mol. The Morgan fingerprint density at radius 2 is 2.27 bits per heavy atom. The van der Waals surface area contributed by atoms with E-state index in [2.05, 4.69) is 17.6 Å². The van der Waals surface area contributed by atoms with Gasteiger partial charge in [0.25, 0.3) is 5.91 Å². The molecule has 0 aromatic carbocycles. The van der Waals surface area contributed by atoms with E-state index in [0.29, 0.717) is 12.5 Å². The van der Waals surface area contributed by atoms with E-state index in [1.807, 2.05) is 17.5 Å². The minimum absolute atomic E-state index is 0.00832. The third-order valence-electron chi connectivity index (χ3n) is 4.66. The van der Waals surface area contributed by atoms with Crippen LogP contribution in [-0.4, -0.2) is 48.4 Å². The number of hydrogen-bond acceptors (Lipinski definition) is 4. The molecule has 5 nitrogen and oxygen atoms in total. The summed E-state index contributed by atoms with van der Waals surface area (Å²) in [7, 11) is 0. The lowest BCUT2D eigenvalue weighted by Crippen LogP contribution is -2.53. The number of thiophene rings is 1. The summed E-state index contributed by atoms with van der Waals surface area (Å²) < 4.78 is 0. The zero-order valence-corrected chi connectivity index (χ0v) is 13.7. The van der Waals surface area contributed by atoms with Crippen LogP contribution in [0, 0.1) is 5.92 Å². The molecule has 120 valence electrons. The molecule has 0 aliphatic carbocycles. The Bertz CT molecular complexity index is 532. The van der Waals surface area contributed by atoms with Gasteiger partial charge in [0.05, 0.1) is 4.88 Å². The van der Waals surface area contributed by atoms with Crippen LogP contribution >= 0.6 is 11.3 Å². The van der Waals surface area contributed by atoms with E-state index in [0.717, 1.165) is 37.2 Å². The Kier molecular flexibility index (Phi) is 4.78. The molecular formula is C16H23N3O2S. The van der Waals surface area contributed by atoms with Crippen molar-refractivity contribution in [1.82, 2.24) is 15.5 Å². The fourth-order valence-corrected chi connectivity index (χ4v) is 4.01. The highest BCUT2D eigenvalue weighted by atomic mass is 32.1. The maximum Gasteiger partial charge on any atom is 0.264 e. The zero-order chi connectivity index (χ0) is 15.5. The van der Waals surface area contributed by atoms with Crippen molar-refractivity contribution in [2.45, 2.75) is 38.3 Å². The average Bonchev–Trinajstić information content (AvgIpc) is 3.20. The second-order valence-electron chi connectivity index (χ2n) is 6.22. The number of carbonyl (C=O) groups is 2. The van der Waals surface area contributed by atoms with Crippen LogP contribution in [0.4, 0.5) is 0 Å². The summed E-state index contributed by atoms with van der Waals surface area (Å²) in [5, 5.41) is 8.41. The number of piperidine rings is 1. The second kappa shape index (κ2) is 6.79.